The Morgan fingerprint density at radius 3 is 2.76 bits per heavy atom. The van der Waals surface area contributed by atoms with Gasteiger partial charge in [-0.15, -0.1) is 0 Å². The van der Waals surface area contributed by atoms with E-state index < -0.39 is 18.0 Å². The van der Waals surface area contributed by atoms with Gasteiger partial charge in [0.05, 0.1) is 6.04 Å². The molecule has 0 spiro atoms. The van der Waals surface area contributed by atoms with Crippen LogP contribution in [0, 0.1) is 0 Å². The maximum Gasteiger partial charge on any atom is 0.321 e. The molecule has 1 aliphatic rings. The molecule has 0 radical (unpaired) electrons. The normalized spacial score (nSPS) is 20.6. The van der Waals surface area contributed by atoms with Gasteiger partial charge in [0.1, 0.15) is 0 Å². The van der Waals surface area contributed by atoms with Crippen LogP contribution in [0.3, 0.4) is 0 Å². The number of hydrogen-bond donors (Lipinski definition) is 4. The van der Waals surface area contributed by atoms with Gasteiger partial charge in [-0.05, 0) is 13.3 Å². The van der Waals surface area contributed by atoms with Gasteiger partial charge in [0.15, 0.2) is 0 Å². The van der Waals surface area contributed by atoms with Crippen molar-refractivity contribution >= 4 is 17.8 Å². The zero-order valence-corrected chi connectivity index (χ0v) is 10.0. The number of urea groups is 1. The van der Waals surface area contributed by atoms with Crippen molar-refractivity contribution in [1.29, 1.82) is 0 Å². The zero-order chi connectivity index (χ0) is 12.8. The highest BCUT2D eigenvalue weighted by molar-refractivity contribution is 5.96. The first-order valence-corrected chi connectivity index (χ1v) is 5.58. The third kappa shape index (κ3) is 4.39. The SMILES string of the molecule is CNC(=O)NC(=O)C(C)NCC1CCC(=O)N1. The van der Waals surface area contributed by atoms with Gasteiger partial charge in [0.2, 0.25) is 11.8 Å². The molecule has 0 aromatic rings. The van der Waals surface area contributed by atoms with Crippen LogP contribution >= 0.6 is 0 Å². The van der Waals surface area contributed by atoms with Crippen molar-refractivity contribution < 1.29 is 14.4 Å². The highest BCUT2D eigenvalue weighted by atomic mass is 16.2. The van der Waals surface area contributed by atoms with E-state index in [9.17, 15) is 14.4 Å². The Morgan fingerprint density at radius 1 is 1.53 bits per heavy atom. The molecule has 2 atom stereocenters. The summed E-state index contributed by atoms with van der Waals surface area (Å²) >= 11 is 0. The first-order valence-electron chi connectivity index (χ1n) is 5.58. The molecule has 1 aliphatic heterocycles. The number of amides is 4. The van der Waals surface area contributed by atoms with Gasteiger partial charge in [-0.1, -0.05) is 0 Å². The molecule has 1 fully saturated rings. The molecule has 7 nitrogen and oxygen atoms in total. The standard InChI is InChI=1S/C10H18N4O3/c1-6(9(16)14-10(17)11-2)12-5-7-3-4-8(15)13-7/h6-7,12H,3-5H2,1-2H3,(H,13,15)(H2,11,14,16,17). The third-order valence-corrected chi connectivity index (χ3v) is 2.61. The maximum absolute atomic E-state index is 11.5. The van der Waals surface area contributed by atoms with Crippen molar-refractivity contribution in [2.24, 2.45) is 0 Å². The Morgan fingerprint density at radius 2 is 2.24 bits per heavy atom. The molecular formula is C10H18N4O3. The largest absolute Gasteiger partial charge is 0.352 e. The quantitative estimate of drug-likeness (QED) is 0.492. The molecule has 96 valence electrons. The molecule has 0 aromatic carbocycles. The average molecular weight is 242 g/mol. The fourth-order valence-electron chi connectivity index (χ4n) is 1.52. The molecule has 2 unspecified atom stereocenters. The second-order valence-corrected chi connectivity index (χ2v) is 4.00. The molecule has 4 N–H and O–H groups in total. The van der Waals surface area contributed by atoms with Crippen LogP contribution in [0.5, 0.6) is 0 Å². The van der Waals surface area contributed by atoms with Crippen LogP contribution in [-0.4, -0.2) is 43.5 Å². The number of carbonyl (C=O) groups is 3. The van der Waals surface area contributed by atoms with Crippen LogP contribution in [-0.2, 0) is 9.59 Å². The molecule has 1 rings (SSSR count). The van der Waals surface area contributed by atoms with Gasteiger partial charge in [0.25, 0.3) is 0 Å². The monoisotopic (exact) mass is 242 g/mol. The molecular weight excluding hydrogens is 224 g/mol. The highest BCUT2D eigenvalue weighted by Crippen LogP contribution is 2.05. The second kappa shape index (κ2) is 6.19. The molecule has 0 aromatic heterocycles. The highest BCUT2D eigenvalue weighted by Gasteiger charge is 2.22. The molecule has 4 amide bonds. The minimum atomic E-state index is -0.530. The lowest BCUT2D eigenvalue weighted by atomic mass is 10.2. The van der Waals surface area contributed by atoms with E-state index in [1.165, 1.54) is 7.05 Å². The summed E-state index contributed by atoms with van der Waals surface area (Å²) in [4.78, 5) is 33.3. The number of nitrogens with one attached hydrogen (secondary N) is 4. The lowest BCUT2D eigenvalue weighted by Crippen LogP contribution is -2.49. The molecule has 1 saturated heterocycles. The number of rotatable bonds is 4. The predicted molar refractivity (Wildman–Crippen MR) is 61.2 cm³/mol. The fourth-order valence-corrected chi connectivity index (χ4v) is 1.52. The van der Waals surface area contributed by atoms with Crippen molar-refractivity contribution in [1.82, 2.24) is 21.3 Å². The van der Waals surface area contributed by atoms with Gasteiger partial charge < -0.3 is 16.0 Å². The lowest BCUT2D eigenvalue weighted by molar-refractivity contribution is -0.121. The van der Waals surface area contributed by atoms with Crippen molar-refractivity contribution in [3.63, 3.8) is 0 Å². The van der Waals surface area contributed by atoms with Crippen molar-refractivity contribution in [2.75, 3.05) is 13.6 Å². The number of imide groups is 1. The zero-order valence-electron chi connectivity index (χ0n) is 10.0. The number of hydrogen-bond acceptors (Lipinski definition) is 4. The van der Waals surface area contributed by atoms with Crippen molar-refractivity contribution in [2.45, 2.75) is 31.8 Å². The number of carbonyl (C=O) groups excluding carboxylic acids is 3. The van der Waals surface area contributed by atoms with E-state index in [4.69, 9.17) is 0 Å². The smallest absolute Gasteiger partial charge is 0.321 e. The van der Waals surface area contributed by atoms with E-state index >= 15 is 0 Å². The van der Waals surface area contributed by atoms with Gasteiger partial charge >= 0.3 is 6.03 Å². The van der Waals surface area contributed by atoms with E-state index in [1.54, 1.807) is 6.92 Å². The molecule has 0 saturated carbocycles. The van der Waals surface area contributed by atoms with Crippen molar-refractivity contribution in [3.8, 4) is 0 Å². The Labute approximate surface area is 99.7 Å². The first kappa shape index (κ1) is 13.4. The molecule has 7 heteroatoms. The Balaban J connectivity index is 2.24. The minimum Gasteiger partial charge on any atom is -0.352 e. The van der Waals surface area contributed by atoms with Gasteiger partial charge in [-0.3, -0.25) is 14.9 Å². The Kier molecular flexibility index (Phi) is 4.89. The first-order chi connectivity index (χ1) is 8.02. The summed E-state index contributed by atoms with van der Waals surface area (Å²) in [6, 6.07) is -0.944. The summed E-state index contributed by atoms with van der Waals surface area (Å²) in [5, 5.41) is 10.2. The van der Waals surface area contributed by atoms with E-state index in [-0.39, 0.29) is 11.9 Å². The molecule has 17 heavy (non-hydrogen) atoms. The summed E-state index contributed by atoms with van der Waals surface area (Å²) < 4.78 is 0. The van der Waals surface area contributed by atoms with Gasteiger partial charge in [-0.2, -0.15) is 0 Å². The van der Waals surface area contributed by atoms with E-state index in [2.05, 4.69) is 21.3 Å². The van der Waals surface area contributed by atoms with E-state index in [0.29, 0.717) is 13.0 Å². The summed E-state index contributed by atoms with van der Waals surface area (Å²) in [5.74, 6) is -0.354. The topological polar surface area (TPSA) is 99.3 Å². The van der Waals surface area contributed by atoms with Crippen LogP contribution in [0.15, 0.2) is 0 Å². The third-order valence-electron chi connectivity index (χ3n) is 2.61. The molecule has 1 heterocycles. The van der Waals surface area contributed by atoms with Crippen LogP contribution in [0.1, 0.15) is 19.8 Å². The summed E-state index contributed by atoms with van der Waals surface area (Å²) in [6.07, 6.45) is 1.31. The lowest BCUT2D eigenvalue weighted by Gasteiger charge is -2.16. The second-order valence-electron chi connectivity index (χ2n) is 4.00. The predicted octanol–water partition coefficient (Wildman–Crippen LogP) is -1.30. The summed E-state index contributed by atoms with van der Waals surface area (Å²) in [7, 11) is 1.44. The summed E-state index contributed by atoms with van der Waals surface area (Å²) in [6.45, 7) is 2.18. The van der Waals surface area contributed by atoms with Crippen LogP contribution in [0.25, 0.3) is 0 Å². The Hall–Kier alpha value is -1.63. The minimum absolute atomic E-state index is 0.0410. The van der Waals surface area contributed by atoms with Gasteiger partial charge in [0, 0.05) is 26.1 Å². The van der Waals surface area contributed by atoms with E-state index in [0.717, 1.165) is 6.42 Å². The van der Waals surface area contributed by atoms with Crippen molar-refractivity contribution in [3.05, 3.63) is 0 Å². The fraction of sp³-hybridized carbons (Fsp3) is 0.700. The Bertz CT molecular complexity index is 319. The van der Waals surface area contributed by atoms with Crippen LogP contribution < -0.4 is 21.3 Å². The van der Waals surface area contributed by atoms with Gasteiger partial charge in [-0.25, -0.2) is 4.79 Å². The molecule has 0 aliphatic carbocycles. The van der Waals surface area contributed by atoms with Crippen LogP contribution in [0.2, 0.25) is 0 Å². The average Bonchev–Trinajstić information content (AvgIpc) is 2.71. The summed E-state index contributed by atoms with van der Waals surface area (Å²) in [5.41, 5.74) is 0. The molecule has 0 bridgehead atoms. The van der Waals surface area contributed by atoms with E-state index in [1.807, 2.05) is 0 Å². The van der Waals surface area contributed by atoms with Crippen LogP contribution in [0.4, 0.5) is 4.79 Å². The maximum atomic E-state index is 11.5.